The highest BCUT2D eigenvalue weighted by Crippen LogP contribution is 2.34. The van der Waals surface area contributed by atoms with Gasteiger partial charge in [-0.25, -0.2) is 0 Å². The smallest absolute Gasteiger partial charge is 0.227 e. The fourth-order valence-corrected chi connectivity index (χ4v) is 4.77. The lowest BCUT2D eigenvalue weighted by Crippen LogP contribution is -2.40. The molecule has 0 N–H and O–H groups in total. The Morgan fingerprint density at radius 1 is 1.03 bits per heavy atom. The molecule has 0 aromatic heterocycles. The molecule has 0 radical (unpaired) electrons. The van der Waals surface area contributed by atoms with Crippen molar-refractivity contribution in [2.24, 2.45) is 11.8 Å². The van der Waals surface area contributed by atoms with Gasteiger partial charge >= 0.3 is 0 Å². The summed E-state index contributed by atoms with van der Waals surface area (Å²) in [5.41, 5.74) is 3.51. The monoisotopic (exact) mass is 456 g/mol. The average Bonchev–Trinajstić information content (AvgIpc) is 2.99. The summed E-state index contributed by atoms with van der Waals surface area (Å²) in [7, 11) is 2.08. The number of rotatable bonds is 9. The van der Waals surface area contributed by atoms with E-state index in [-0.39, 0.29) is 11.8 Å². The number of ether oxygens (including phenoxy) is 1. The van der Waals surface area contributed by atoms with Gasteiger partial charge in [-0.15, -0.1) is 0 Å². The van der Waals surface area contributed by atoms with Gasteiger partial charge in [-0.05, 0) is 55.0 Å². The Hall–Kier alpha value is -2.04. The number of amides is 1. The van der Waals surface area contributed by atoms with E-state index in [4.69, 9.17) is 16.3 Å². The molecule has 2 aromatic carbocycles. The van der Waals surface area contributed by atoms with Crippen LogP contribution in [0, 0.1) is 11.8 Å². The fraction of sp³-hybridized carbons (Fsp3) is 0.519. The van der Waals surface area contributed by atoms with E-state index in [1.807, 2.05) is 24.0 Å². The summed E-state index contributed by atoms with van der Waals surface area (Å²) < 4.78 is 5.86. The van der Waals surface area contributed by atoms with Gasteiger partial charge in [0.1, 0.15) is 5.75 Å². The number of halogens is 1. The summed E-state index contributed by atoms with van der Waals surface area (Å²) in [6.07, 6.45) is 3.13. The highest BCUT2D eigenvalue weighted by Gasteiger charge is 2.24. The molecule has 0 saturated carbocycles. The maximum atomic E-state index is 13.4. The van der Waals surface area contributed by atoms with Crippen molar-refractivity contribution in [3.05, 3.63) is 64.2 Å². The number of aryl methyl sites for hydroxylation is 1. The molecule has 1 aliphatic heterocycles. The predicted molar refractivity (Wildman–Crippen MR) is 132 cm³/mol. The number of benzene rings is 2. The maximum absolute atomic E-state index is 13.4. The topological polar surface area (TPSA) is 32.8 Å². The minimum absolute atomic E-state index is 0.0814. The van der Waals surface area contributed by atoms with Crippen LogP contribution in [0.4, 0.5) is 0 Å². The summed E-state index contributed by atoms with van der Waals surface area (Å²) in [4.78, 5) is 17.7. The van der Waals surface area contributed by atoms with Gasteiger partial charge in [-0.1, -0.05) is 68.8 Å². The molecule has 1 unspecified atom stereocenters. The standard InChI is InChI=1S/C27H37ClN2O2/c1-20(2)16-30(19-23-14-24-12-8-9-13-32-26(24)25(28)15-23)27(31)21(3)17-29(4)18-22-10-6-5-7-11-22/h5-7,10-11,14-15,20-21H,8-9,12-13,16-19H2,1-4H3. The number of hydrogen-bond acceptors (Lipinski definition) is 3. The second-order valence-electron chi connectivity index (χ2n) is 9.57. The van der Waals surface area contributed by atoms with Crippen LogP contribution >= 0.6 is 11.6 Å². The quantitative estimate of drug-likeness (QED) is 0.477. The lowest BCUT2D eigenvalue weighted by molar-refractivity contribution is -0.136. The second-order valence-corrected chi connectivity index (χ2v) is 9.97. The summed E-state index contributed by atoms with van der Waals surface area (Å²) in [5.74, 6) is 1.33. The molecule has 1 aliphatic rings. The fourth-order valence-electron chi connectivity index (χ4n) is 4.45. The van der Waals surface area contributed by atoms with Crippen molar-refractivity contribution in [3.8, 4) is 5.75 Å². The van der Waals surface area contributed by atoms with Gasteiger partial charge in [-0.3, -0.25) is 4.79 Å². The first-order chi connectivity index (χ1) is 15.3. The molecule has 1 heterocycles. The van der Waals surface area contributed by atoms with Gasteiger partial charge in [0.15, 0.2) is 0 Å². The molecule has 0 fully saturated rings. The Bertz CT molecular complexity index is 885. The van der Waals surface area contributed by atoms with Crippen molar-refractivity contribution in [2.45, 2.75) is 53.1 Å². The van der Waals surface area contributed by atoms with Crippen molar-refractivity contribution in [1.29, 1.82) is 0 Å². The zero-order chi connectivity index (χ0) is 23.1. The van der Waals surface area contributed by atoms with Crippen LogP contribution in [0.2, 0.25) is 5.02 Å². The van der Waals surface area contributed by atoms with E-state index in [1.54, 1.807) is 0 Å². The van der Waals surface area contributed by atoms with Gasteiger partial charge in [0.25, 0.3) is 0 Å². The third-order valence-electron chi connectivity index (χ3n) is 5.84. The Morgan fingerprint density at radius 3 is 2.50 bits per heavy atom. The Kier molecular flexibility index (Phi) is 9.01. The molecule has 0 spiro atoms. The summed E-state index contributed by atoms with van der Waals surface area (Å²) in [5, 5.41) is 0.659. The Balaban J connectivity index is 1.69. The largest absolute Gasteiger partial charge is 0.492 e. The first kappa shape index (κ1) is 24.6. The average molecular weight is 457 g/mol. The molecule has 1 atom stereocenters. The van der Waals surface area contributed by atoms with Crippen molar-refractivity contribution >= 4 is 17.5 Å². The van der Waals surface area contributed by atoms with Crippen LogP contribution in [0.15, 0.2) is 42.5 Å². The SMILES string of the molecule is CC(C)CN(Cc1cc(Cl)c2c(c1)CCCCO2)C(=O)C(C)CN(C)Cc1ccccc1. The lowest BCUT2D eigenvalue weighted by atomic mass is 10.0. The molecule has 5 heteroatoms. The molecule has 3 rings (SSSR count). The van der Waals surface area contributed by atoms with E-state index in [9.17, 15) is 4.79 Å². The number of nitrogens with zero attached hydrogens (tertiary/aromatic N) is 2. The lowest BCUT2D eigenvalue weighted by Gasteiger charge is -2.30. The predicted octanol–water partition coefficient (Wildman–Crippen LogP) is 5.81. The minimum Gasteiger partial charge on any atom is -0.492 e. The van der Waals surface area contributed by atoms with E-state index in [1.165, 1.54) is 5.56 Å². The molecule has 0 aliphatic carbocycles. The van der Waals surface area contributed by atoms with E-state index in [0.29, 0.717) is 17.5 Å². The molecular weight excluding hydrogens is 420 g/mol. The van der Waals surface area contributed by atoms with Crippen LogP contribution in [0.25, 0.3) is 0 Å². The van der Waals surface area contributed by atoms with Crippen molar-refractivity contribution in [2.75, 3.05) is 26.7 Å². The number of carbonyl (C=O) groups excluding carboxylic acids is 1. The molecule has 4 nitrogen and oxygen atoms in total. The van der Waals surface area contributed by atoms with Crippen LogP contribution in [-0.2, 0) is 24.3 Å². The van der Waals surface area contributed by atoms with Gasteiger partial charge in [0.2, 0.25) is 5.91 Å². The zero-order valence-corrected chi connectivity index (χ0v) is 20.7. The molecule has 32 heavy (non-hydrogen) atoms. The Labute approximate surface area is 198 Å². The highest BCUT2D eigenvalue weighted by molar-refractivity contribution is 6.32. The van der Waals surface area contributed by atoms with Crippen LogP contribution in [0.3, 0.4) is 0 Å². The van der Waals surface area contributed by atoms with Gasteiger partial charge in [0, 0.05) is 32.1 Å². The van der Waals surface area contributed by atoms with Gasteiger partial charge in [0.05, 0.1) is 11.6 Å². The first-order valence-corrected chi connectivity index (χ1v) is 12.2. The van der Waals surface area contributed by atoms with E-state index in [0.717, 1.165) is 62.4 Å². The molecular formula is C27H37ClN2O2. The molecule has 1 amide bonds. The van der Waals surface area contributed by atoms with E-state index < -0.39 is 0 Å². The second kappa shape index (κ2) is 11.7. The zero-order valence-electron chi connectivity index (χ0n) is 19.9. The normalized spacial score (nSPS) is 14.6. The summed E-state index contributed by atoms with van der Waals surface area (Å²) in [6.45, 7) is 9.94. The van der Waals surface area contributed by atoms with Crippen LogP contribution in [0.1, 0.15) is 50.3 Å². The third kappa shape index (κ3) is 6.98. The van der Waals surface area contributed by atoms with Gasteiger partial charge in [-0.2, -0.15) is 0 Å². The van der Waals surface area contributed by atoms with Crippen LogP contribution in [0.5, 0.6) is 5.75 Å². The summed E-state index contributed by atoms with van der Waals surface area (Å²) in [6, 6.07) is 14.5. The molecule has 0 bridgehead atoms. The number of fused-ring (bicyclic) bond motifs is 1. The molecule has 0 saturated heterocycles. The first-order valence-electron chi connectivity index (χ1n) is 11.8. The van der Waals surface area contributed by atoms with Crippen molar-refractivity contribution < 1.29 is 9.53 Å². The van der Waals surface area contributed by atoms with Crippen molar-refractivity contribution in [1.82, 2.24) is 9.80 Å². The minimum atomic E-state index is -0.0814. The van der Waals surface area contributed by atoms with Gasteiger partial charge < -0.3 is 14.5 Å². The number of carbonyl (C=O) groups is 1. The van der Waals surface area contributed by atoms with E-state index >= 15 is 0 Å². The van der Waals surface area contributed by atoms with E-state index in [2.05, 4.69) is 56.1 Å². The number of hydrogen-bond donors (Lipinski definition) is 0. The van der Waals surface area contributed by atoms with Crippen LogP contribution < -0.4 is 4.74 Å². The summed E-state index contributed by atoms with van der Waals surface area (Å²) >= 11 is 6.56. The molecule has 2 aromatic rings. The van der Waals surface area contributed by atoms with Crippen LogP contribution in [-0.4, -0.2) is 42.5 Å². The van der Waals surface area contributed by atoms with Crippen molar-refractivity contribution in [3.63, 3.8) is 0 Å². The maximum Gasteiger partial charge on any atom is 0.227 e. The molecule has 174 valence electrons. The Morgan fingerprint density at radius 2 is 1.78 bits per heavy atom. The third-order valence-corrected chi connectivity index (χ3v) is 6.12. The highest BCUT2D eigenvalue weighted by atomic mass is 35.5.